The van der Waals surface area contributed by atoms with Gasteiger partial charge in [0.15, 0.2) is 0 Å². The second kappa shape index (κ2) is 6.15. The lowest BCUT2D eigenvalue weighted by molar-refractivity contribution is 0.0647. The second-order valence-electron chi connectivity index (χ2n) is 5.04. The Bertz CT molecular complexity index is 317. The zero-order chi connectivity index (χ0) is 12.1. The number of hydrogen-bond donors (Lipinski definition) is 1. The fourth-order valence-electron chi connectivity index (χ4n) is 2.12. The normalized spacial score (nSPS) is 17.4. The van der Waals surface area contributed by atoms with Crippen molar-refractivity contribution in [1.82, 2.24) is 15.1 Å². The first-order valence-corrected chi connectivity index (χ1v) is 6.39. The molecule has 1 fully saturated rings. The van der Waals surface area contributed by atoms with Gasteiger partial charge in [-0.1, -0.05) is 30.3 Å². The number of likely N-dealkylation sites (N-methyl/N-ethyl adjacent to an activating group) is 1. The topological polar surface area (TPSA) is 18.5 Å². The van der Waals surface area contributed by atoms with Gasteiger partial charge < -0.3 is 10.2 Å². The molecule has 1 aliphatic heterocycles. The molecule has 0 radical (unpaired) electrons. The van der Waals surface area contributed by atoms with Gasteiger partial charge in [-0.25, -0.2) is 0 Å². The van der Waals surface area contributed by atoms with Gasteiger partial charge in [-0.3, -0.25) is 4.90 Å². The third-order valence-corrected chi connectivity index (χ3v) is 3.44. The highest BCUT2D eigenvalue weighted by Crippen LogP contribution is 2.10. The van der Waals surface area contributed by atoms with Crippen LogP contribution >= 0.6 is 0 Å². The zero-order valence-electron chi connectivity index (χ0n) is 10.9. The van der Waals surface area contributed by atoms with E-state index in [2.05, 4.69) is 59.5 Å². The first-order valence-electron chi connectivity index (χ1n) is 6.39. The molecule has 1 N–H and O–H groups in total. The van der Waals surface area contributed by atoms with E-state index < -0.39 is 0 Å². The summed E-state index contributed by atoms with van der Waals surface area (Å²) in [5.74, 6) is 0. The molecule has 0 bridgehead atoms. The van der Waals surface area contributed by atoms with Crippen LogP contribution < -0.4 is 5.32 Å². The van der Waals surface area contributed by atoms with Crippen molar-refractivity contribution in [2.75, 3.05) is 40.3 Å². The molecule has 2 rings (SSSR count). The van der Waals surface area contributed by atoms with Crippen molar-refractivity contribution in [1.29, 1.82) is 0 Å². The van der Waals surface area contributed by atoms with E-state index in [4.69, 9.17) is 0 Å². The predicted molar refractivity (Wildman–Crippen MR) is 72.1 cm³/mol. The average Bonchev–Trinajstić information content (AvgIpc) is 2.27. The van der Waals surface area contributed by atoms with Crippen molar-refractivity contribution in [3.63, 3.8) is 0 Å². The first kappa shape index (κ1) is 12.6. The minimum atomic E-state index is 0.768. The highest BCUT2D eigenvalue weighted by molar-refractivity contribution is 5.14. The van der Waals surface area contributed by atoms with Crippen LogP contribution in [0.5, 0.6) is 0 Å². The van der Waals surface area contributed by atoms with Crippen LogP contribution in [0.25, 0.3) is 0 Å². The molecule has 0 saturated carbocycles. The summed E-state index contributed by atoms with van der Waals surface area (Å²) in [6, 6.07) is 11.3. The average molecular weight is 233 g/mol. The number of benzene rings is 1. The summed E-state index contributed by atoms with van der Waals surface area (Å²) in [6.07, 6.45) is 0. The van der Waals surface area contributed by atoms with Crippen molar-refractivity contribution in [2.24, 2.45) is 0 Å². The Morgan fingerprint density at radius 1 is 1.24 bits per heavy atom. The summed E-state index contributed by atoms with van der Waals surface area (Å²) >= 11 is 0. The van der Waals surface area contributed by atoms with Gasteiger partial charge in [-0.05, 0) is 19.7 Å². The lowest BCUT2D eigenvalue weighted by Gasteiger charge is -2.42. The summed E-state index contributed by atoms with van der Waals surface area (Å²) in [4.78, 5) is 4.82. The van der Waals surface area contributed by atoms with Gasteiger partial charge in [-0.2, -0.15) is 0 Å². The molecule has 0 aromatic heterocycles. The van der Waals surface area contributed by atoms with Crippen LogP contribution in [0, 0.1) is 0 Å². The Morgan fingerprint density at radius 2 is 1.94 bits per heavy atom. The zero-order valence-corrected chi connectivity index (χ0v) is 10.9. The molecule has 0 unspecified atom stereocenters. The SMILES string of the molecule is CN(C)C1CN(CCNCc2ccccc2)C1. The monoisotopic (exact) mass is 233 g/mol. The fraction of sp³-hybridized carbons (Fsp3) is 0.571. The Morgan fingerprint density at radius 3 is 2.59 bits per heavy atom. The Labute approximate surface area is 104 Å². The molecule has 1 aliphatic rings. The summed E-state index contributed by atoms with van der Waals surface area (Å²) in [5.41, 5.74) is 1.36. The van der Waals surface area contributed by atoms with Gasteiger partial charge >= 0.3 is 0 Å². The maximum absolute atomic E-state index is 3.49. The molecule has 1 heterocycles. The fourth-order valence-corrected chi connectivity index (χ4v) is 2.12. The number of rotatable bonds is 6. The molecule has 0 aliphatic carbocycles. The maximum atomic E-state index is 3.49. The Kier molecular flexibility index (Phi) is 4.54. The Balaban J connectivity index is 1.53. The van der Waals surface area contributed by atoms with Gasteiger partial charge in [0.2, 0.25) is 0 Å². The first-order chi connectivity index (χ1) is 8.25. The van der Waals surface area contributed by atoms with E-state index in [0.717, 1.165) is 25.7 Å². The van der Waals surface area contributed by atoms with Gasteiger partial charge in [0, 0.05) is 38.8 Å². The van der Waals surface area contributed by atoms with Gasteiger partial charge in [-0.15, -0.1) is 0 Å². The number of likely N-dealkylation sites (tertiary alicyclic amines) is 1. The molecule has 0 amide bonds. The highest BCUT2D eigenvalue weighted by atomic mass is 15.3. The van der Waals surface area contributed by atoms with Crippen molar-refractivity contribution < 1.29 is 0 Å². The van der Waals surface area contributed by atoms with Crippen molar-refractivity contribution in [2.45, 2.75) is 12.6 Å². The summed E-state index contributed by atoms with van der Waals surface area (Å²) in [7, 11) is 4.32. The molecule has 1 saturated heterocycles. The summed E-state index contributed by atoms with van der Waals surface area (Å²) < 4.78 is 0. The van der Waals surface area contributed by atoms with E-state index in [0.29, 0.717) is 0 Å². The van der Waals surface area contributed by atoms with E-state index in [1.807, 2.05) is 0 Å². The smallest absolute Gasteiger partial charge is 0.0344 e. The number of nitrogens with one attached hydrogen (secondary N) is 1. The van der Waals surface area contributed by atoms with Crippen LogP contribution in [0.2, 0.25) is 0 Å². The molecule has 0 atom stereocenters. The van der Waals surface area contributed by atoms with E-state index in [1.54, 1.807) is 0 Å². The van der Waals surface area contributed by atoms with E-state index in [1.165, 1.54) is 18.7 Å². The van der Waals surface area contributed by atoms with Crippen molar-refractivity contribution in [3.05, 3.63) is 35.9 Å². The minimum Gasteiger partial charge on any atom is -0.311 e. The molecule has 17 heavy (non-hydrogen) atoms. The Hall–Kier alpha value is -0.900. The summed E-state index contributed by atoms with van der Waals surface area (Å²) in [6.45, 7) is 5.66. The highest BCUT2D eigenvalue weighted by Gasteiger charge is 2.27. The quantitative estimate of drug-likeness (QED) is 0.740. The van der Waals surface area contributed by atoms with Crippen molar-refractivity contribution >= 4 is 0 Å². The lowest BCUT2D eigenvalue weighted by Crippen LogP contribution is -2.58. The van der Waals surface area contributed by atoms with Crippen LogP contribution in [0.4, 0.5) is 0 Å². The molecular formula is C14H23N3. The van der Waals surface area contributed by atoms with Gasteiger partial charge in [0.25, 0.3) is 0 Å². The summed E-state index contributed by atoms with van der Waals surface area (Å²) in [5, 5.41) is 3.49. The van der Waals surface area contributed by atoms with Crippen LogP contribution in [0.15, 0.2) is 30.3 Å². The van der Waals surface area contributed by atoms with E-state index in [9.17, 15) is 0 Å². The lowest BCUT2D eigenvalue weighted by atomic mass is 10.1. The third-order valence-electron chi connectivity index (χ3n) is 3.44. The molecule has 94 valence electrons. The van der Waals surface area contributed by atoms with Crippen LogP contribution in [0.1, 0.15) is 5.56 Å². The maximum Gasteiger partial charge on any atom is 0.0344 e. The molecule has 1 aromatic rings. The molecule has 1 aromatic carbocycles. The largest absolute Gasteiger partial charge is 0.311 e. The van der Waals surface area contributed by atoms with Crippen LogP contribution in [-0.4, -0.2) is 56.1 Å². The van der Waals surface area contributed by atoms with E-state index in [-0.39, 0.29) is 0 Å². The van der Waals surface area contributed by atoms with Crippen LogP contribution in [-0.2, 0) is 6.54 Å². The van der Waals surface area contributed by atoms with Crippen LogP contribution in [0.3, 0.4) is 0 Å². The van der Waals surface area contributed by atoms with Crippen molar-refractivity contribution in [3.8, 4) is 0 Å². The van der Waals surface area contributed by atoms with Gasteiger partial charge in [0.05, 0.1) is 0 Å². The molecule has 3 nitrogen and oxygen atoms in total. The second-order valence-corrected chi connectivity index (χ2v) is 5.04. The minimum absolute atomic E-state index is 0.768. The molecule has 3 heteroatoms. The molecule has 0 spiro atoms. The number of nitrogens with zero attached hydrogens (tertiary/aromatic N) is 2. The molecular weight excluding hydrogens is 210 g/mol. The van der Waals surface area contributed by atoms with Gasteiger partial charge in [0.1, 0.15) is 0 Å². The predicted octanol–water partition coefficient (Wildman–Crippen LogP) is 1.02. The number of hydrogen-bond acceptors (Lipinski definition) is 3. The standard InChI is InChI=1S/C14H23N3/c1-16(2)14-11-17(12-14)9-8-15-10-13-6-4-3-5-7-13/h3-7,14-15H,8-12H2,1-2H3. The van der Waals surface area contributed by atoms with E-state index >= 15 is 0 Å². The third kappa shape index (κ3) is 3.80.